The van der Waals surface area contributed by atoms with Crippen molar-refractivity contribution in [1.29, 1.82) is 0 Å². The van der Waals surface area contributed by atoms with Gasteiger partial charge < -0.3 is 9.64 Å². The molecule has 1 amide bonds. The van der Waals surface area contributed by atoms with Gasteiger partial charge in [-0.3, -0.25) is 4.79 Å². The highest BCUT2D eigenvalue weighted by atomic mass is 16.5. The molecule has 0 atom stereocenters. The van der Waals surface area contributed by atoms with Crippen LogP contribution in [0.5, 0.6) is 0 Å². The number of hydrogen-bond acceptors (Lipinski definition) is 2. The Morgan fingerprint density at radius 2 is 1.81 bits per heavy atom. The van der Waals surface area contributed by atoms with E-state index in [4.69, 9.17) is 4.74 Å². The standard InChI is InChI=1S/C13H27NO2/c1-4-6-7-8-11-16-12-9-13(15)14(3)10-5-2/h4-12H2,1-3H3. The fourth-order valence-corrected chi connectivity index (χ4v) is 1.54. The third kappa shape index (κ3) is 8.72. The number of carbonyl (C=O) groups is 1. The number of ether oxygens (including phenoxy) is 1. The maximum absolute atomic E-state index is 11.5. The average molecular weight is 229 g/mol. The predicted octanol–water partition coefficient (Wildman–Crippen LogP) is 2.84. The summed E-state index contributed by atoms with van der Waals surface area (Å²) in [5.41, 5.74) is 0. The van der Waals surface area contributed by atoms with Crippen LogP contribution in [0.4, 0.5) is 0 Å². The lowest BCUT2D eigenvalue weighted by atomic mass is 10.2. The Kier molecular flexibility index (Phi) is 10.5. The van der Waals surface area contributed by atoms with Crippen LogP contribution in [0.1, 0.15) is 52.4 Å². The van der Waals surface area contributed by atoms with E-state index < -0.39 is 0 Å². The molecular weight excluding hydrogens is 202 g/mol. The Morgan fingerprint density at radius 3 is 2.44 bits per heavy atom. The summed E-state index contributed by atoms with van der Waals surface area (Å²) in [4.78, 5) is 13.3. The van der Waals surface area contributed by atoms with Crippen LogP contribution in [-0.4, -0.2) is 37.6 Å². The van der Waals surface area contributed by atoms with Crippen molar-refractivity contribution in [1.82, 2.24) is 4.90 Å². The molecule has 0 aliphatic heterocycles. The van der Waals surface area contributed by atoms with Crippen molar-refractivity contribution in [2.24, 2.45) is 0 Å². The van der Waals surface area contributed by atoms with Crippen LogP contribution >= 0.6 is 0 Å². The van der Waals surface area contributed by atoms with Crippen molar-refractivity contribution in [3.63, 3.8) is 0 Å². The molecule has 3 nitrogen and oxygen atoms in total. The third-order valence-corrected chi connectivity index (χ3v) is 2.59. The van der Waals surface area contributed by atoms with Gasteiger partial charge in [0.25, 0.3) is 0 Å². The highest BCUT2D eigenvalue weighted by molar-refractivity contribution is 5.75. The lowest BCUT2D eigenvalue weighted by Gasteiger charge is -2.15. The maximum Gasteiger partial charge on any atom is 0.224 e. The summed E-state index contributed by atoms with van der Waals surface area (Å²) in [7, 11) is 1.85. The second-order valence-electron chi connectivity index (χ2n) is 4.24. The topological polar surface area (TPSA) is 29.5 Å². The minimum absolute atomic E-state index is 0.190. The Bertz CT molecular complexity index is 171. The van der Waals surface area contributed by atoms with Crippen LogP contribution in [0.25, 0.3) is 0 Å². The molecule has 0 aromatic rings. The normalized spacial score (nSPS) is 10.4. The molecule has 0 saturated carbocycles. The second-order valence-corrected chi connectivity index (χ2v) is 4.24. The first kappa shape index (κ1) is 15.4. The number of carbonyl (C=O) groups excluding carboxylic acids is 1. The molecule has 0 aliphatic rings. The summed E-state index contributed by atoms with van der Waals surface area (Å²) in [6.45, 7) is 6.48. The highest BCUT2D eigenvalue weighted by Gasteiger charge is 2.06. The molecule has 3 heteroatoms. The van der Waals surface area contributed by atoms with E-state index in [1.54, 1.807) is 4.90 Å². The molecule has 0 aromatic carbocycles. The van der Waals surface area contributed by atoms with Gasteiger partial charge in [-0.1, -0.05) is 33.1 Å². The SMILES string of the molecule is CCCCCCOCCC(=O)N(C)CCC. The molecule has 0 radical (unpaired) electrons. The Labute approximate surface area is 100 Å². The zero-order valence-electron chi connectivity index (χ0n) is 11.1. The summed E-state index contributed by atoms with van der Waals surface area (Å²) in [6.07, 6.45) is 6.42. The number of hydrogen-bond donors (Lipinski definition) is 0. The summed E-state index contributed by atoms with van der Waals surface area (Å²) in [5, 5.41) is 0. The van der Waals surface area contributed by atoms with Crippen molar-refractivity contribution in [2.75, 3.05) is 26.8 Å². The largest absolute Gasteiger partial charge is 0.381 e. The van der Waals surface area contributed by atoms with Crippen LogP contribution in [0.3, 0.4) is 0 Å². The van der Waals surface area contributed by atoms with Crippen LogP contribution in [0, 0.1) is 0 Å². The van der Waals surface area contributed by atoms with Gasteiger partial charge in [-0.2, -0.15) is 0 Å². The van der Waals surface area contributed by atoms with Crippen molar-refractivity contribution < 1.29 is 9.53 Å². The van der Waals surface area contributed by atoms with Crippen molar-refractivity contribution in [2.45, 2.75) is 52.4 Å². The Balaban J connectivity index is 3.27. The molecule has 0 aromatic heterocycles. The van der Waals surface area contributed by atoms with Crippen LogP contribution in [0.15, 0.2) is 0 Å². The molecule has 0 unspecified atom stereocenters. The first-order valence-corrected chi connectivity index (χ1v) is 6.54. The number of unbranched alkanes of at least 4 members (excludes halogenated alkanes) is 3. The van der Waals surface area contributed by atoms with Crippen molar-refractivity contribution >= 4 is 5.91 Å². The molecule has 0 fully saturated rings. The van der Waals surface area contributed by atoms with Crippen LogP contribution in [-0.2, 0) is 9.53 Å². The van der Waals surface area contributed by atoms with Gasteiger partial charge in [0.1, 0.15) is 0 Å². The van der Waals surface area contributed by atoms with Gasteiger partial charge in [-0.25, -0.2) is 0 Å². The van der Waals surface area contributed by atoms with Crippen LogP contribution in [0.2, 0.25) is 0 Å². The van der Waals surface area contributed by atoms with Gasteiger partial charge in [0.15, 0.2) is 0 Å². The first-order valence-electron chi connectivity index (χ1n) is 6.54. The van der Waals surface area contributed by atoms with E-state index in [1.807, 2.05) is 7.05 Å². The monoisotopic (exact) mass is 229 g/mol. The molecule has 16 heavy (non-hydrogen) atoms. The van der Waals surface area contributed by atoms with Gasteiger partial charge in [0, 0.05) is 20.2 Å². The summed E-state index contributed by atoms with van der Waals surface area (Å²) in [5.74, 6) is 0.190. The maximum atomic E-state index is 11.5. The second kappa shape index (κ2) is 10.9. The summed E-state index contributed by atoms with van der Waals surface area (Å²) in [6, 6.07) is 0. The fourth-order valence-electron chi connectivity index (χ4n) is 1.54. The summed E-state index contributed by atoms with van der Waals surface area (Å²) < 4.78 is 5.43. The van der Waals surface area contributed by atoms with Gasteiger partial charge in [-0.15, -0.1) is 0 Å². The van der Waals surface area contributed by atoms with Crippen molar-refractivity contribution in [3.8, 4) is 0 Å². The molecule has 0 aliphatic carbocycles. The van der Waals surface area contributed by atoms with E-state index in [0.717, 1.165) is 26.0 Å². The fraction of sp³-hybridized carbons (Fsp3) is 0.923. The van der Waals surface area contributed by atoms with Crippen LogP contribution < -0.4 is 0 Å². The lowest BCUT2D eigenvalue weighted by Crippen LogP contribution is -2.28. The van der Waals surface area contributed by atoms with Gasteiger partial charge in [-0.05, 0) is 12.8 Å². The molecular formula is C13H27NO2. The smallest absolute Gasteiger partial charge is 0.224 e. The molecule has 96 valence electrons. The van der Waals surface area contributed by atoms with E-state index in [-0.39, 0.29) is 5.91 Å². The van der Waals surface area contributed by atoms with Gasteiger partial charge >= 0.3 is 0 Å². The summed E-state index contributed by atoms with van der Waals surface area (Å²) >= 11 is 0. The molecule has 0 rings (SSSR count). The molecule has 0 heterocycles. The number of nitrogens with zero attached hydrogens (tertiary/aromatic N) is 1. The van der Waals surface area contributed by atoms with Gasteiger partial charge in [0.2, 0.25) is 5.91 Å². The zero-order chi connectivity index (χ0) is 12.2. The molecule has 0 N–H and O–H groups in total. The first-order chi connectivity index (χ1) is 7.72. The number of rotatable bonds is 10. The molecule has 0 bridgehead atoms. The minimum Gasteiger partial charge on any atom is -0.381 e. The third-order valence-electron chi connectivity index (χ3n) is 2.59. The van der Waals surface area contributed by atoms with E-state index in [0.29, 0.717) is 13.0 Å². The highest BCUT2D eigenvalue weighted by Crippen LogP contribution is 1.99. The Hall–Kier alpha value is -0.570. The van der Waals surface area contributed by atoms with Crippen molar-refractivity contribution in [3.05, 3.63) is 0 Å². The molecule has 0 spiro atoms. The quantitative estimate of drug-likeness (QED) is 0.539. The predicted molar refractivity (Wildman–Crippen MR) is 67.5 cm³/mol. The van der Waals surface area contributed by atoms with E-state index in [1.165, 1.54) is 19.3 Å². The zero-order valence-corrected chi connectivity index (χ0v) is 11.1. The number of amides is 1. The van der Waals surface area contributed by atoms with Gasteiger partial charge in [0.05, 0.1) is 13.0 Å². The molecule has 0 saturated heterocycles. The lowest BCUT2D eigenvalue weighted by molar-refractivity contribution is -0.131. The average Bonchev–Trinajstić information content (AvgIpc) is 2.28. The van der Waals surface area contributed by atoms with E-state index >= 15 is 0 Å². The minimum atomic E-state index is 0.190. The van der Waals surface area contributed by atoms with E-state index in [2.05, 4.69) is 13.8 Å². The Morgan fingerprint density at radius 1 is 1.06 bits per heavy atom. The van der Waals surface area contributed by atoms with E-state index in [9.17, 15) is 4.79 Å².